The molecule has 200 valence electrons. The van der Waals surface area contributed by atoms with E-state index < -0.39 is 11.4 Å². The van der Waals surface area contributed by atoms with E-state index >= 15 is 0 Å². The summed E-state index contributed by atoms with van der Waals surface area (Å²) in [6, 6.07) is 19.8. The molecule has 4 aromatic rings. The normalized spacial score (nSPS) is 13.0. The van der Waals surface area contributed by atoms with E-state index in [-0.39, 0.29) is 10.9 Å². The third kappa shape index (κ3) is 6.54. The summed E-state index contributed by atoms with van der Waals surface area (Å²) in [6.45, 7) is 12.7. The number of thioether (sulfide) groups is 1. The fourth-order valence-electron chi connectivity index (χ4n) is 4.35. The van der Waals surface area contributed by atoms with Crippen LogP contribution in [-0.2, 0) is 17.8 Å². The molecule has 7 heteroatoms. The van der Waals surface area contributed by atoms with E-state index in [9.17, 15) is 9.90 Å². The molecule has 0 fully saturated rings. The molecular weight excluding hydrogens is 516 g/mol. The van der Waals surface area contributed by atoms with Crippen LogP contribution in [0.2, 0.25) is 5.02 Å². The first-order valence-corrected chi connectivity index (χ1v) is 13.9. The second-order valence-corrected chi connectivity index (χ2v) is 13.5. The van der Waals surface area contributed by atoms with Crippen molar-refractivity contribution in [2.75, 3.05) is 0 Å². The molecule has 0 radical (unpaired) electrons. The number of carbonyl (C=O) groups is 1. The molecule has 0 saturated heterocycles. The van der Waals surface area contributed by atoms with Crippen LogP contribution in [-0.4, -0.2) is 25.4 Å². The first kappa shape index (κ1) is 28.1. The summed E-state index contributed by atoms with van der Waals surface area (Å²) in [7, 11) is 0. The van der Waals surface area contributed by atoms with Crippen molar-refractivity contribution in [1.82, 2.24) is 9.55 Å². The Bertz CT molecular complexity index is 1420. The van der Waals surface area contributed by atoms with Crippen LogP contribution in [0.3, 0.4) is 0 Å². The van der Waals surface area contributed by atoms with Gasteiger partial charge >= 0.3 is 5.97 Å². The van der Waals surface area contributed by atoms with Crippen molar-refractivity contribution in [3.8, 4) is 5.75 Å². The molecule has 0 amide bonds. The van der Waals surface area contributed by atoms with E-state index in [0.29, 0.717) is 18.0 Å². The number of benzene rings is 2. The smallest absolute Gasteiger partial charge is 0.309 e. The molecule has 0 aliphatic carbocycles. The van der Waals surface area contributed by atoms with Gasteiger partial charge in [0.15, 0.2) is 0 Å². The fourth-order valence-corrected chi connectivity index (χ4v) is 5.67. The maximum Gasteiger partial charge on any atom is 0.309 e. The third-order valence-corrected chi connectivity index (χ3v) is 7.88. The van der Waals surface area contributed by atoms with Gasteiger partial charge in [0.1, 0.15) is 11.9 Å². The molecular formula is C31H35ClN2O3S. The zero-order valence-corrected chi connectivity index (χ0v) is 24.4. The van der Waals surface area contributed by atoms with Crippen molar-refractivity contribution < 1.29 is 14.6 Å². The van der Waals surface area contributed by atoms with Crippen molar-refractivity contribution in [3.63, 3.8) is 0 Å². The van der Waals surface area contributed by atoms with Crippen LogP contribution in [0.4, 0.5) is 0 Å². The Labute approximate surface area is 234 Å². The number of hydrogen-bond donors (Lipinski definition) is 1. The number of halogens is 1. The molecule has 1 N–H and O–H groups in total. The molecule has 38 heavy (non-hydrogen) atoms. The summed E-state index contributed by atoms with van der Waals surface area (Å²) in [5.41, 5.74) is 3.07. The molecule has 0 bridgehead atoms. The third-order valence-electron chi connectivity index (χ3n) is 6.36. The lowest BCUT2D eigenvalue weighted by atomic mass is 9.88. The number of aliphatic carboxylic acids is 1. The van der Waals surface area contributed by atoms with Crippen LogP contribution in [0.5, 0.6) is 5.75 Å². The highest BCUT2D eigenvalue weighted by atomic mass is 35.5. The molecule has 5 nitrogen and oxygen atoms in total. The van der Waals surface area contributed by atoms with Crippen LogP contribution in [0, 0.1) is 5.41 Å². The van der Waals surface area contributed by atoms with Crippen molar-refractivity contribution in [2.24, 2.45) is 5.41 Å². The summed E-state index contributed by atoms with van der Waals surface area (Å²) in [5, 5.41) is 11.7. The van der Waals surface area contributed by atoms with Gasteiger partial charge < -0.3 is 14.4 Å². The topological polar surface area (TPSA) is 64.3 Å². The predicted octanol–water partition coefficient (Wildman–Crippen LogP) is 8.42. The van der Waals surface area contributed by atoms with Crippen molar-refractivity contribution in [2.45, 2.75) is 70.3 Å². The average molecular weight is 551 g/mol. The van der Waals surface area contributed by atoms with E-state index in [4.69, 9.17) is 16.3 Å². The number of hydrogen-bond acceptors (Lipinski definition) is 4. The van der Waals surface area contributed by atoms with E-state index in [1.807, 2.05) is 55.5 Å². The molecule has 4 rings (SSSR count). The summed E-state index contributed by atoms with van der Waals surface area (Å²) in [6.07, 6.45) is 1.95. The summed E-state index contributed by atoms with van der Waals surface area (Å²) < 4.78 is 8.49. The van der Waals surface area contributed by atoms with E-state index in [1.54, 1.807) is 31.8 Å². The summed E-state index contributed by atoms with van der Waals surface area (Å²) in [4.78, 5) is 17.7. The average Bonchev–Trinajstić information content (AvgIpc) is 3.10. The number of rotatable bonds is 9. The molecule has 0 aliphatic rings. The Morgan fingerprint density at radius 1 is 1.08 bits per heavy atom. The Morgan fingerprint density at radius 3 is 2.39 bits per heavy atom. The quantitative estimate of drug-likeness (QED) is 0.212. The second kappa shape index (κ2) is 11.0. The number of pyridine rings is 1. The molecule has 2 aromatic carbocycles. The van der Waals surface area contributed by atoms with Gasteiger partial charge in [-0.2, -0.15) is 0 Å². The zero-order chi connectivity index (χ0) is 27.7. The van der Waals surface area contributed by atoms with Gasteiger partial charge in [-0.1, -0.05) is 50.6 Å². The highest BCUT2D eigenvalue weighted by Crippen LogP contribution is 2.44. The highest BCUT2D eigenvalue weighted by molar-refractivity contribution is 8.00. The van der Waals surface area contributed by atoms with Gasteiger partial charge in [0, 0.05) is 50.4 Å². The molecule has 2 aromatic heterocycles. The molecule has 0 saturated carbocycles. The van der Waals surface area contributed by atoms with E-state index in [0.717, 1.165) is 38.5 Å². The van der Waals surface area contributed by atoms with Gasteiger partial charge in [-0.3, -0.25) is 9.78 Å². The highest BCUT2D eigenvalue weighted by Gasteiger charge is 2.33. The Morgan fingerprint density at radius 2 is 1.79 bits per heavy atom. The second-order valence-electron chi connectivity index (χ2n) is 11.3. The zero-order valence-electron chi connectivity index (χ0n) is 22.8. The van der Waals surface area contributed by atoms with Gasteiger partial charge in [-0.05, 0) is 68.8 Å². The fraction of sp³-hybridized carbons (Fsp3) is 0.355. The standard InChI is InChI=1S/C31H35ClN2O3S/c1-20(25-9-7-8-16-33-25)37-23-14-15-26-24(17-23)28(38-30(2,3)4)27(18-31(5,6)29(35)36)34(26)19-21-10-12-22(32)13-11-21/h7-17,20H,18-19H2,1-6H3,(H,35,36). The number of carboxylic acids is 1. The van der Waals surface area contributed by atoms with Crippen LogP contribution in [0.1, 0.15) is 64.6 Å². The van der Waals surface area contributed by atoms with Gasteiger partial charge in [-0.15, -0.1) is 11.8 Å². The largest absolute Gasteiger partial charge is 0.484 e. The lowest BCUT2D eigenvalue weighted by Crippen LogP contribution is -2.28. The lowest BCUT2D eigenvalue weighted by molar-refractivity contribution is -0.146. The van der Waals surface area contributed by atoms with Crippen molar-refractivity contribution >= 4 is 40.2 Å². The number of nitrogens with zero attached hydrogens (tertiary/aromatic N) is 2. The first-order chi connectivity index (χ1) is 17.8. The molecule has 2 heterocycles. The minimum absolute atomic E-state index is 0.0837. The van der Waals surface area contributed by atoms with Crippen molar-refractivity contribution in [3.05, 3.63) is 88.8 Å². The molecule has 0 spiro atoms. The van der Waals surface area contributed by atoms with E-state index in [1.165, 1.54) is 0 Å². The van der Waals surface area contributed by atoms with Crippen LogP contribution < -0.4 is 4.74 Å². The monoisotopic (exact) mass is 550 g/mol. The minimum atomic E-state index is -0.938. The molecule has 0 aliphatic heterocycles. The Balaban J connectivity index is 1.88. The van der Waals surface area contributed by atoms with Crippen LogP contribution in [0.15, 0.2) is 71.8 Å². The summed E-state index contributed by atoms with van der Waals surface area (Å²) >= 11 is 7.91. The molecule has 1 unspecified atom stereocenters. The van der Waals surface area contributed by atoms with Gasteiger partial charge in [-0.25, -0.2) is 0 Å². The number of carboxylic acid groups (broad SMARTS) is 1. The number of ether oxygens (including phenoxy) is 1. The minimum Gasteiger partial charge on any atom is -0.484 e. The number of aromatic nitrogens is 2. The number of fused-ring (bicyclic) bond motifs is 1. The first-order valence-electron chi connectivity index (χ1n) is 12.7. The van der Waals surface area contributed by atoms with Gasteiger partial charge in [0.2, 0.25) is 0 Å². The summed E-state index contributed by atoms with van der Waals surface area (Å²) in [5.74, 6) is -0.0696. The lowest BCUT2D eigenvalue weighted by Gasteiger charge is -2.24. The maximum atomic E-state index is 12.2. The Hall–Kier alpha value is -2.96. The van der Waals surface area contributed by atoms with Gasteiger partial charge in [0.25, 0.3) is 0 Å². The molecule has 1 atom stereocenters. The van der Waals surface area contributed by atoms with E-state index in [2.05, 4.69) is 42.5 Å². The SMILES string of the molecule is CC(Oc1ccc2c(c1)c(SC(C)(C)C)c(CC(C)(C)C(=O)O)n2Cc1ccc(Cl)cc1)c1ccccn1. The predicted molar refractivity (Wildman–Crippen MR) is 157 cm³/mol. The van der Waals surface area contributed by atoms with Gasteiger partial charge in [0.05, 0.1) is 11.1 Å². The van der Waals surface area contributed by atoms with Crippen LogP contribution in [0.25, 0.3) is 10.9 Å². The van der Waals surface area contributed by atoms with Crippen LogP contribution >= 0.6 is 23.4 Å². The Kier molecular flexibility index (Phi) is 8.15. The maximum absolute atomic E-state index is 12.2. The van der Waals surface area contributed by atoms with Crippen molar-refractivity contribution in [1.29, 1.82) is 0 Å².